The lowest BCUT2D eigenvalue weighted by Crippen LogP contribution is -2.40. The first-order valence-corrected chi connectivity index (χ1v) is 10.8. The van der Waals surface area contributed by atoms with E-state index in [4.69, 9.17) is 16.3 Å². The number of aryl methyl sites for hydroxylation is 1. The molecular weight excluding hydrogens is 421 g/mol. The van der Waals surface area contributed by atoms with Gasteiger partial charge < -0.3 is 15.4 Å². The van der Waals surface area contributed by atoms with Gasteiger partial charge in [0.15, 0.2) is 0 Å². The van der Waals surface area contributed by atoms with E-state index >= 15 is 0 Å². The first-order valence-electron chi connectivity index (χ1n) is 8.95. The maximum absolute atomic E-state index is 13.2. The number of halogens is 2. The number of nitrogens with zero attached hydrogens (tertiary/aromatic N) is 1. The number of nitrogens with one attached hydrogen (secondary N) is 2. The molecule has 29 heavy (non-hydrogen) atoms. The molecule has 0 atom stereocenters. The average molecular weight is 442 g/mol. The SMILES string of the molecule is Cc1cc(F)ccc1NCC(=O)Nc1ccc(Cl)c(S(=O)(=O)N2CCOCC2)c1. The summed E-state index contributed by atoms with van der Waals surface area (Å²) in [6.07, 6.45) is 0. The lowest BCUT2D eigenvalue weighted by molar-refractivity contribution is -0.114. The summed E-state index contributed by atoms with van der Waals surface area (Å²) in [5, 5.41) is 5.65. The third-order valence-corrected chi connectivity index (χ3v) is 6.81. The van der Waals surface area contributed by atoms with Crippen molar-refractivity contribution in [2.75, 3.05) is 43.5 Å². The van der Waals surface area contributed by atoms with Gasteiger partial charge in [0.05, 0.1) is 24.8 Å². The number of ether oxygens (including phenoxy) is 1. The largest absolute Gasteiger partial charge is 0.379 e. The fourth-order valence-corrected chi connectivity index (χ4v) is 4.82. The molecule has 0 saturated carbocycles. The van der Waals surface area contributed by atoms with Crippen molar-refractivity contribution in [3.63, 3.8) is 0 Å². The number of anilines is 2. The summed E-state index contributed by atoms with van der Waals surface area (Å²) in [5.74, 6) is -0.738. The summed E-state index contributed by atoms with van der Waals surface area (Å²) >= 11 is 6.12. The van der Waals surface area contributed by atoms with Crippen LogP contribution in [0.15, 0.2) is 41.3 Å². The van der Waals surface area contributed by atoms with Crippen LogP contribution in [0.1, 0.15) is 5.56 Å². The predicted molar refractivity (Wildman–Crippen MR) is 109 cm³/mol. The van der Waals surface area contributed by atoms with Gasteiger partial charge in [-0.15, -0.1) is 0 Å². The van der Waals surface area contributed by atoms with Crippen LogP contribution >= 0.6 is 11.6 Å². The van der Waals surface area contributed by atoms with Crippen molar-refractivity contribution in [3.8, 4) is 0 Å². The smallest absolute Gasteiger partial charge is 0.244 e. The quantitative estimate of drug-likeness (QED) is 0.719. The molecule has 1 heterocycles. The number of hydrogen-bond donors (Lipinski definition) is 2. The van der Waals surface area contributed by atoms with Crippen LogP contribution < -0.4 is 10.6 Å². The number of benzene rings is 2. The number of carbonyl (C=O) groups excluding carboxylic acids is 1. The van der Waals surface area contributed by atoms with E-state index in [9.17, 15) is 17.6 Å². The Hall–Kier alpha value is -2.20. The van der Waals surface area contributed by atoms with Gasteiger partial charge in [-0.25, -0.2) is 12.8 Å². The Morgan fingerprint density at radius 1 is 1.21 bits per heavy atom. The van der Waals surface area contributed by atoms with Crippen molar-refractivity contribution in [1.82, 2.24) is 4.31 Å². The summed E-state index contributed by atoms with van der Waals surface area (Å²) < 4.78 is 45.4. The van der Waals surface area contributed by atoms with Crippen LogP contribution in [-0.4, -0.2) is 51.5 Å². The monoisotopic (exact) mass is 441 g/mol. The van der Waals surface area contributed by atoms with Gasteiger partial charge in [-0.1, -0.05) is 11.6 Å². The molecule has 1 saturated heterocycles. The first kappa shape index (κ1) is 21.5. The Morgan fingerprint density at radius 2 is 1.93 bits per heavy atom. The minimum Gasteiger partial charge on any atom is -0.379 e. The molecule has 0 unspecified atom stereocenters. The highest BCUT2D eigenvalue weighted by molar-refractivity contribution is 7.89. The molecule has 2 aromatic rings. The molecule has 0 radical (unpaired) electrons. The Labute approximate surface area is 173 Å². The summed E-state index contributed by atoms with van der Waals surface area (Å²) in [7, 11) is -3.80. The normalized spacial score (nSPS) is 15.1. The zero-order chi connectivity index (χ0) is 21.0. The van der Waals surface area contributed by atoms with E-state index in [1.165, 1.54) is 34.6 Å². The van der Waals surface area contributed by atoms with Gasteiger partial charge in [0, 0.05) is 24.5 Å². The van der Waals surface area contributed by atoms with E-state index in [0.29, 0.717) is 30.2 Å². The Kier molecular flexibility index (Phi) is 6.74. The fourth-order valence-electron chi connectivity index (χ4n) is 2.91. The van der Waals surface area contributed by atoms with Crippen molar-refractivity contribution < 1.29 is 22.3 Å². The molecule has 10 heteroatoms. The second-order valence-electron chi connectivity index (χ2n) is 6.52. The molecule has 3 rings (SSSR count). The number of morpholine rings is 1. The molecule has 2 N–H and O–H groups in total. The van der Waals surface area contributed by atoms with Gasteiger partial charge >= 0.3 is 0 Å². The molecular formula is C19H21ClFN3O4S. The van der Waals surface area contributed by atoms with Crippen LogP contribution in [-0.2, 0) is 19.6 Å². The Balaban J connectivity index is 1.69. The lowest BCUT2D eigenvalue weighted by Gasteiger charge is -2.26. The van der Waals surface area contributed by atoms with Crippen LogP contribution in [0.3, 0.4) is 0 Å². The molecule has 1 fully saturated rings. The van der Waals surface area contributed by atoms with E-state index in [1.54, 1.807) is 13.0 Å². The number of amides is 1. The van der Waals surface area contributed by atoms with Crippen LogP contribution in [0, 0.1) is 12.7 Å². The van der Waals surface area contributed by atoms with Gasteiger partial charge in [-0.3, -0.25) is 4.79 Å². The molecule has 0 aliphatic carbocycles. The molecule has 0 spiro atoms. The number of carbonyl (C=O) groups is 1. The molecule has 1 amide bonds. The second-order valence-corrected chi connectivity index (χ2v) is 8.84. The van der Waals surface area contributed by atoms with E-state index in [1.807, 2.05) is 0 Å². The number of rotatable bonds is 6. The summed E-state index contributed by atoms with van der Waals surface area (Å²) in [6, 6.07) is 8.52. The molecule has 7 nitrogen and oxygen atoms in total. The van der Waals surface area contributed by atoms with Crippen molar-refractivity contribution >= 4 is 38.9 Å². The zero-order valence-corrected chi connectivity index (χ0v) is 17.3. The maximum Gasteiger partial charge on any atom is 0.244 e. The number of hydrogen-bond acceptors (Lipinski definition) is 5. The minimum atomic E-state index is -3.80. The molecule has 0 aromatic heterocycles. The van der Waals surface area contributed by atoms with Crippen molar-refractivity contribution in [3.05, 3.63) is 52.8 Å². The predicted octanol–water partition coefficient (Wildman–Crippen LogP) is 2.86. The molecule has 0 bridgehead atoms. The second kappa shape index (κ2) is 9.08. The molecule has 1 aliphatic rings. The molecule has 2 aromatic carbocycles. The van der Waals surface area contributed by atoms with E-state index < -0.39 is 10.0 Å². The third kappa shape index (κ3) is 5.24. The standard InChI is InChI=1S/C19H21ClFN3O4S/c1-13-10-14(21)2-5-17(13)22-12-19(25)23-15-3-4-16(20)18(11-15)29(26,27)24-6-8-28-9-7-24/h2-5,10-11,22H,6-9,12H2,1H3,(H,23,25). The van der Waals surface area contributed by atoms with Crippen molar-refractivity contribution in [2.45, 2.75) is 11.8 Å². The summed E-state index contributed by atoms with van der Waals surface area (Å²) in [6.45, 7) is 2.79. The van der Waals surface area contributed by atoms with Crippen LogP contribution in [0.4, 0.5) is 15.8 Å². The third-order valence-electron chi connectivity index (χ3n) is 4.43. The van der Waals surface area contributed by atoms with Crippen molar-refractivity contribution in [2.24, 2.45) is 0 Å². The summed E-state index contributed by atoms with van der Waals surface area (Å²) in [4.78, 5) is 12.2. The summed E-state index contributed by atoms with van der Waals surface area (Å²) in [5.41, 5.74) is 1.61. The van der Waals surface area contributed by atoms with E-state index in [2.05, 4.69) is 10.6 Å². The molecule has 1 aliphatic heterocycles. The van der Waals surface area contributed by atoms with E-state index in [0.717, 1.165) is 0 Å². The van der Waals surface area contributed by atoms with Gasteiger partial charge in [0.25, 0.3) is 0 Å². The Bertz CT molecular complexity index is 1010. The molecule has 156 valence electrons. The first-order chi connectivity index (χ1) is 13.8. The Morgan fingerprint density at radius 3 is 2.62 bits per heavy atom. The van der Waals surface area contributed by atoms with Crippen LogP contribution in [0.2, 0.25) is 5.02 Å². The van der Waals surface area contributed by atoms with Crippen LogP contribution in [0.25, 0.3) is 0 Å². The average Bonchev–Trinajstić information content (AvgIpc) is 2.69. The highest BCUT2D eigenvalue weighted by Gasteiger charge is 2.28. The fraction of sp³-hybridized carbons (Fsp3) is 0.316. The highest BCUT2D eigenvalue weighted by atomic mass is 35.5. The number of sulfonamides is 1. The van der Waals surface area contributed by atoms with Gasteiger partial charge in [0.2, 0.25) is 15.9 Å². The maximum atomic E-state index is 13.2. The minimum absolute atomic E-state index is 0.0683. The van der Waals surface area contributed by atoms with Gasteiger partial charge in [0.1, 0.15) is 10.7 Å². The van der Waals surface area contributed by atoms with E-state index in [-0.39, 0.29) is 41.3 Å². The van der Waals surface area contributed by atoms with Crippen molar-refractivity contribution in [1.29, 1.82) is 0 Å². The highest BCUT2D eigenvalue weighted by Crippen LogP contribution is 2.28. The topological polar surface area (TPSA) is 87.7 Å². The lowest BCUT2D eigenvalue weighted by atomic mass is 10.2. The van der Waals surface area contributed by atoms with Crippen LogP contribution in [0.5, 0.6) is 0 Å². The van der Waals surface area contributed by atoms with Gasteiger partial charge in [-0.2, -0.15) is 4.31 Å². The van der Waals surface area contributed by atoms with Gasteiger partial charge in [-0.05, 0) is 48.9 Å². The zero-order valence-electron chi connectivity index (χ0n) is 15.7.